The molecule has 8 heteroatoms. The van der Waals surface area contributed by atoms with Crippen molar-refractivity contribution < 1.29 is 4.79 Å². The van der Waals surface area contributed by atoms with Gasteiger partial charge in [0.2, 0.25) is 0 Å². The van der Waals surface area contributed by atoms with Crippen molar-refractivity contribution in [1.29, 1.82) is 0 Å². The number of rotatable bonds is 4. The maximum atomic E-state index is 13.3. The molecule has 6 rings (SSSR count). The highest BCUT2D eigenvalue weighted by Crippen LogP contribution is 2.35. The number of hydrogen-bond donors (Lipinski definition) is 0. The van der Waals surface area contributed by atoms with E-state index < -0.39 is 0 Å². The van der Waals surface area contributed by atoms with Crippen LogP contribution in [-0.2, 0) is 0 Å². The van der Waals surface area contributed by atoms with Gasteiger partial charge < -0.3 is 9.80 Å². The Kier molecular flexibility index (Phi) is 5.52. The topological polar surface area (TPSA) is 62.2 Å². The zero-order valence-corrected chi connectivity index (χ0v) is 19.9. The van der Waals surface area contributed by atoms with Gasteiger partial charge in [-0.05, 0) is 53.2 Å². The number of aromatic nitrogens is 3. The fourth-order valence-electron chi connectivity index (χ4n) is 4.22. The van der Waals surface area contributed by atoms with Gasteiger partial charge >= 0.3 is 0 Å². The zero-order chi connectivity index (χ0) is 22.9. The molecule has 1 aliphatic rings. The molecule has 0 atom stereocenters. The predicted octanol–water partition coefficient (Wildman–Crippen LogP) is 5.44. The Labute approximate surface area is 205 Å². The molecular formula is C26H21N5OS2. The number of thiophene rings is 2. The van der Waals surface area contributed by atoms with E-state index >= 15 is 0 Å². The third-order valence-electron chi connectivity index (χ3n) is 5.96. The summed E-state index contributed by atoms with van der Waals surface area (Å²) in [6, 6.07) is 19.8. The van der Waals surface area contributed by atoms with Crippen molar-refractivity contribution in [3.63, 3.8) is 0 Å². The van der Waals surface area contributed by atoms with Crippen LogP contribution >= 0.6 is 22.7 Å². The summed E-state index contributed by atoms with van der Waals surface area (Å²) in [5.41, 5.74) is 3.92. The summed E-state index contributed by atoms with van der Waals surface area (Å²) in [6.45, 7) is 2.86. The Balaban J connectivity index is 1.29. The van der Waals surface area contributed by atoms with Crippen LogP contribution in [0.25, 0.3) is 32.2 Å². The summed E-state index contributed by atoms with van der Waals surface area (Å²) in [5.74, 6) is 0.989. The minimum Gasteiger partial charge on any atom is -0.353 e. The van der Waals surface area contributed by atoms with Crippen LogP contribution in [0.15, 0.2) is 77.6 Å². The average molecular weight is 484 g/mol. The van der Waals surface area contributed by atoms with Crippen LogP contribution in [0.3, 0.4) is 0 Å². The Morgan fingerprint density at radius 3 is 2.09 bits per heavy atom. The van der Waals surface area contributed by atoms with Gasteiger partial charge in [-0.2, -0.15) is 0 Å². The summed E-state index contributed by atoms with van der Waals surface area (Å²) >= 11 is 3.30. The molecule has 6 nitrogen and oxygen atoms in total. The second-order valence-electron chi connectivity index (χ2n) is 8.05. The number of anilines is 1. The third-order valence-corrected chi connectivity index (χ3v) is 7.71. The number of pyridine rings is 1. The number of carbonyl (C=O) groups excluding carboxylic acids is 1. The first-order valence-corrected chi connectivity index (χ1v) is 12.9. The molecule has 1 saturated heterocycles. The predicted molar refractivity (Wildman–Crippen MR) is 139 cm³/mol. The fourth-order valence-corrected chi connectivity index (χ4v) is 5.65. The molecule has 0 N–H and O–H groups in total. The first-order valence-electron chi connectivity index (χ1n) is 11.1. The van der Waals surface area contributed by atoms with E-state index in [-0.39, 0.29) is 5.91 Å². The number of hydrogen-bond acceptors (Lipinski definition) is 7. The molecule has 1 aromatic carbocycles. The highest BCUT2D eigenvalue weighted by Gasteiger charge is 2.23. The summed E-state index contributed by atoms with van der Waals surface area (Å²) in [4.78, 5) is 33.9. The maximum Gasteiger partial charge on any atom is 0.254 e. The van der Waals surface area contributed by atoms with Crippen molar-refractivity contribution >= 4 is 45.4 Å². The van der Waals surface area contributed by atoms with Crippen LogP contribution < -0.4 is 4.90 Å². The van der Waals surface area contributed by atoms with Crippen molar-refractivity contribution in [2.75, 3.05) is 31.1 Å². The van der Waals surface area contributed by atoms with Gasteiger partial charge in [0.05, 0.1) is 20.8 Å². The van der Waals surface area contributed by atoms with Crippen molar-refractivity contribution in [2.24, 2.45) is 0 Å². The quantitative estimate of drug-likeness (QED) is 0.340. The van der Waals surface area contributed by atoms with Gasteiger partial charge in [-0.1, -0.05) is 18.2 Å². The summed E-state index contributed by atoms with van der Waals surface area (Å²) < 4.78 is 0. The number of piperazine rings is 1. The van der Waals surface area contributed by atoms with Crippen LogP contribution in [0.2, 0.25) is 0 Å². The van der Waals surface area contributed by atoms with Crippen molar-refractivity contribution in [3.05, 3.63) is 83.2 Å². The van der Waals surface area contributed by atoms with Gasteiger partial charge in [-0.25, -0.2) is 15.0 Å². The fraction of sp³-hybridized carbons (Fsp3) is 0.154. The number of benzene rings is 1. The minimum atomic E-state index is 0.0318. The molecule has 1 amide bonds. The lowest BCUT2D eigenvalue weighted by Gasteiger charge is -2.35. The van der Waals surface area contributed by atoms with Gasteiger partial charge in [-0.3, -0.25) is 4.79 Å². The van der Waals surface area contributed by atoms with Crippen LogP contribution in [0.5, 0.6) is 0 Å². The number of carbonyl (C=O) groups is 1. The molecule has 0 radical (unpaired) electrons. The minimum absolute atomic E-state index is 0.0318. The van der Waals surface area contributed by atoms with Crippen molar-refractivity contribution in [1.82, 2.24) is 19.9 Å². The highest BCUT2D eigenvalue weighted by atomic mass is 32.1. The Bertz CT molecular complexity index is 1430. The first kappa shape index (κ1) is 20.9. The second-order valence-corrected chi connectivity index (χ2v) is 9.94. The van der Waals surface area contributed by atoms with E-state index in [9.17, 15) is 4.79 Å². The molecule has 4 aromatic heterocycles. The molecule has 0 saturated carbocycles. The van der Waals surface area contributed by atoms with Crippen LogP contribution in [0.4, 0.5) is 5.82 Å². The molecule has 0 aliphatic carbocycles. The van der Waals surface area contributed by atoms with E-state index in [2.05, 4.69) is 27.4 Å². The van der Waals surface area contributed by atoms with Crippen molar-refractivity contribution in [3.8, 4) is 21.1 Å². The highest BCUT2D eigenvalue weighted by molar-refractivity contribution is 7.14. The molecule has 0 bridgehead atoms. The molecule has 5 heterocycles. The van der Waals surface area contributed by atoms with Crippen LogP contribution in [0, 0.1) is 0 Å². The third kappa shape index (κ3) is 3.95. The molecule has 0 unspecified atom stereocenters. The van der Waals surface area contributed by atoms with Gasteiger partial charge in [0.25, 0.3) is 5.91 Å². The van der Waals surface area contributed by atoms with E-state index in [1.807, 2.05) is 58.8 Å². The van der Waals surface area contributed by atoms with Gasteiger partial charge in [0.1, 0.15) is 17.2 Å². The van der Waals surface area contributed by atoms with Gasteiger partial charge in [0, 0.05) is 37.9 Å². The molecule has 1 aliphatic heterocycles. The smallest absolute Gasteiger partial charge is 0.254 e. The lowest BCUT2D eigenvalue weighted by Crippen LogP contribution is -2.49. The molecule has 1 fully saturated rings. The second kappa shape index (κ2) is 8.96. The van der Waals surface area contributed by atoms with E-state index in [1.54, 1.807) is 28.9 Å². The van der Waals surface area contributed by atoms with E-state index in [1.165, 1.54) is 0 Å². The molecule has 34 heavy (non-hydrogen) atoms. The maximum absolute atomic E-state index is 13.3. The molecule has 0 spiro atoms. The summed E-state index contributed by atoms with van der Waals surface area (Å²) in [7, 11) is 0. The number of nitrogens with zero attached hydrogens (tertiary/aromatic N) is 5. The average Bonchev–Trinajstić information content (AvgIpc) is 3.63. The number of amides is 1. The first-order chi connectivity index (χ1) is 16.8. The normalized spacial score (nSPS) is 14.0. The SMILES string of the molecule is O=C(c1ccc2nc(-c3cccs3)c(-c3cccs3)nc2c1)N1CCN(c2ccccn2)CC1. The lowest BCUT2D eigenvalue weighted by atomic mass is 10.1. The molecule has 168 valence electrons. The van der Waals surface area contributed by atoms with E-state index in [4.69, 9.17) is 9.97 Å². The summed E-state index contributed by atoms with van der Waals surface area (Å²) in [5, 5.41) is 4.10. The number of fused-ring (bicyclic) bond motifs is 1. The Morgan fingerprint density at radius 1 is 0.765 bits per heavy atom. The van der Waals surface area contributed by atoms with Gasteiger partial charge in [0.15, 0.2) is 0 Å². The lowest BCUT2D eigenvalue weighted by molar-refractivity contribution is 0.0746. The Morgan fingerprint density at radius 2 is 1.47 bits per heavy atom. The molecular weight excluding hydrogens is 462 g/mol. The Hall–Kier alpha value is -3.62. The monoisotopic (exact) mass is 483 g/mol. The standard InChI is InChI=1S/C26H21N5OS2/c32-26(31-13-11-30(12-14-31)23-7-1-2-10-27-23)18-8-9-19-20(17-18)29-25(22-6-4-16-34-22)24(28-19)21-5-3-15-33-21/h1-10,15-17H,11-14H2. The van der Waals surface area contributed by atoms with Crippen LogP contribution in [0.1, 0.15) is 10.4 Å². The molecule has 5 aromatic rings. The summed E-state index contributed by atoms with van der Waals surface area (Å²) in [6.07, 6.45) is 1.80. The zero-order valence-electron chi connectivity index (χ0n) is 18.3. The van der Waals surface area contributed by atoms with E-state index in [0.717, 1.165) is 51.1 Å². The van der Waals surface area contributed by atoms with Crippen molar-refractivity contribution in [2.45, 2.75) is 0 Å². The van der Waals surface area contributed by atoms with Crippen LogP contribution in [-0.4, -0.2) is 51.9 Å². The van der Waals surface area contributed by atoms with Gasteiger partial charge in [-0.15, -0.1) is 22.7 Å². The van der Waals surface area contributed by atoms with E-state index in [0.29, 0.717) is 18.7 Å². The largest absolute Gasteiger partial charge is 0.353 e.